The molecule has 286 valence electrons. The van der Waals surface area contributed by atoms with E-state index in [1.165, 1.54) is 70.6 Å². The Balaban J connectivity index is 2.07. The van der Waals surface area contributed by atoms with E-state index in [4.69, 9.17) is 9.47 Å². The molecule has 0 heterocycles. The van der Waals surface area contributed by atoms with Crippen LogP contribution in [-0.2, 0) is 23.9 Å². The van der Waals surface area contributed by atoms with Crippen molar-refractivity contribution >= 4 is 17.7 Å². The van der Waals surface area contributed by atoms with Crippen molar-refractivity contribution in [3.63, 3.8) is 0 Å². The summed E-state index contributed by atoms with van der Waals surface area (Å²) in [6.07, 6.45) is 23.3. The van der Waals surface area contributed by atoms with Gasteiger partial charge in [-0.15, -0.1) is 0 Å². The second kappa shape index (κ2) is 29.9. The maximum Gasteiger partial charge on any atom is 0.305 e. The van der Waals surface area contributed by atoms with Crippen molar-refractivity contribution in [3.8, 4) is 0 Å². The zero-order chi connectivity index (χ0) is 36.1. The van der Waals surface area contributed by atoms with Crippen LogP contribution in [0.2, 0.25) is 0 Å². The van der Waals surface area contributed by atoms with Gasteiger partial charge in [0.15, 0.2) is 0 Å². The zero-order valence-electron chi connectivity index (χ0n) is 31.0. The fraction of sp³-hybridized carbons (Fsp3) is 0.875. The van der Waals surface area contributed by atoms with Crippen molar-refractivity contribution in [1.29, 1.82) is 0 Å². The summed E-state index contributed by atoms with van der Waals surface area (Å²) in [5.74, 6) is -1.67. The Kier molecular flexibility index (Phi) is 27.6. The molecule has 1 rings (SSSR count). The van der Waals surface area contributed by atoms with Gasteiger partial charge in [-0.3, -0.25) is 14.4 Å². The largest absolute Gasteiger partial charge is 0.463 e. The van der Waals surface area contributed by atoms with Crippen LogP contribution in [0, 0.1) is 11.8 Å². The summed E-state index contributed by atoms with van der Waals surface area (Å²) in [7, 11) is 0. The molecule has 0 saturated heterocycles. The van der Waals surface area contributed by atoms with Crippen LogP contribution >= 0.6 is 0 Å². The van der Waals surface area contributed by atoms with Crippen molar-refractivity contribution in [2.45, 2.75) is 199 Å². The molecule has 0 amide bonds. The lowest BCUT2D eigenvalue weighted by Crippen LogP contribution is -2.25. The molecule has 6 atom stereocenters. The normalized spacial score (nSPS) is 20.4. The van der Waals surface area contributed by atoms with E-state index in [1.54, 1.807) is 12.2 Å². The molecule has 0 aromatic heterocycles. The van der Waals surface area contributed by atoms with Crippen LogP contribution in [0.25, 0.3) is 0 Å². The Hall–Kier alpha value is -1.81. The van der Waals surface area contributed by atoms with Crippen molar-refractivity contribution in [1.82, 2.24) is 0 Å². The van der Waals surface area contributed by atoms with Crippen LogP contribution in [0.3, 0.4) is 0 Å². The lowest BCUT2D eigenvalue weighted by Gasteiger charge is -2.20. The quantitative estimate of drug-likeness (QED) is 0.0315. The lowest BCUT2D eigenvalue weighted by atomic mass is 9.87. The van der Waals surface area contributed by atoms with Gasteiger partial charge in [-0.25, -0.2) is 0 Å². The molecular formula is C40H72O9. The first-order valence-corrected chi connectivity index (χ1v) is 19.9. The molecule has 49 heavy (non-hydrogen) atoms. The van der Waals surface area contributed by atoms with Gasteiger partial charge in [-0.05, 0) is 25.7 Å². The first-order valence-electron chi connectivity index (χ1n) is 19.9. The first-order chi connectivity index (χ1) is 23.7. The first kappa shape index (κ1) is 45.2. The number of rotatable bonds is 32. The Morgan fingerprint density at radius 3 is 1.61 bits per heavy atom. The standard InChI is InChI=1S/C40H72O9/c1-3-5-7-8-9-10-11-12-13-14-15-16-17-19-24-39(46)48-30-34(43)31-49-40(47)25-21-20-23-33(42)28-36-35(37(44)29-38(36)45)27-26-32(41)22-18-6-4-2/h26-27,32,34-38,41,43-45H,3-25,28-31H2,1-2H3/b27-26+/t32-,34-,35+,36+,37+,38-/m0/s1. The average molecular weight is 697 g/mol. The minimum absolute atomic E-state index is 0.0419. The summed E-state index contributed by atoms with van der Waals surface area (Å²) in [5.41, 5.74) is 0. The Morgan fingerprint density at radius 1 is 0.633 bits per heavy atom. The van der Waals surface area contributed by atoms with Crippen molar-refractivity contribution in [2.24, 2.45) is 11.8 Å². The Bertz CT molecular complexity index is 876. The van der Waals surface area contributed by atoms with E-state index in [1.807, 2.05) is 0 Å². The highest BCUT2D eigenvalue weighted by Crippen LogP contribution is 2.36. The van der Waals surface area contributed by atoms with Crippen LogP contribution in [0.1, 0.15) is 174 Å². The van der Waals surface area contributed by atoms with E-state index < -0.39 is 36.3 Å². The molecule has 0 aliphatic heterocycles. The van der Waals surface area contributed by atoms with Gasteiger partial charge in [0.2, 0.25) is 0 Å². The second-order valence-electron chi connectivity index (χ2n) is 14.4. The summed E-state index contributed by atoms with van der Waals surface area (Å²) >= 11 is 0. The van der Waals surface area contributed by atoms with Crippen LogP contribution in [0.15, 0.2) is 12.2 Å². The molecule has 0 unspecified atom stereocenters. The van der Waals surface area contributed by atoms with E-state index in [-0.39, 0.29) is 56.6 Å². The van der Waals surface area contributed by atoms with E-state index in [0.717, 1.165) is 38.5 Å². The number of carbonyl (C=O) groups is 3. The molecule has 1 aliphatic carbocycles. The molecule has 0 aromatic rings. The van der Waals surface area contributed by atoms with Crippen molar-refractivity contribution in [2.75, 3.05) is 13.2 Å². The van der Waals surface area contributed by atoms with Crippen LogP contribution < -0.4 is 0 Å². The fourth-order valence-corrected chi connectivity index (χ4v) is 6.61. The van der Waals surface area contributed by atoms with E-state index in [0.29, 0.717) is 25.7 Å². The molecule has 0 spiro atoms. The molecule has 1 saturated carbocycles. The summed E-state index contributed by atoms with van der Waals surface area (Å²) in [6, 6.07) is 0. The third-order valence-electron chi connectivity index (χ3n) is 9.73. The molecule has 1 fully saturated rings. The van der Waals surface area contributed by atoms with Crippen LogP contribution in [0.4, 0.5) is 0 Å². The van der Waals surface area contributed by atoms with E-state index in [2.05, 4.69) is 13.8 Å². The lowest BCUT2D eigenvalue weighted by molar-refractivity contribution is -0.152. The molecule has 0 bridgehead atoms. The molecule has 9 nitrogen and oxygen atoms in total. The van der Waals surface area contributed by atoms with Crippen LogP contribution in [-0.4, -0.2) is 75.8 Å². The number of carbonyl (C=O) groups excluding carboxylic acids is 3. The molecule has 0 aromatic carbocycles. The maximum absolute atomic E-state index is 12.6. The number of ether oxygens (including phenoxy) is 2. The highest BCUT2D eigenvalue weighted by Gasteiger charge is 2.41. The SMILES string of the molecule is CCCCCCCCCCCCCCCCC(=O)OC[C@H](O)COC(=O)CCCCC(=O)C[C@@H]1[C@@H](/C=C/[C@@H](O)CCCCC)[C@H](O)C[C@@H]1O. The second-order valence-corrected chi connectivity index (χ2v) is 14.4. The summed E-state index contributed by atoms with van der Waals surface area (Å²) in [5, 5.41) is 41.1. The van der Waals surface area contributed by atoms with Gasteiger partial charge < -0.3 is 29.9 Å². The predicted molar refractivity (Wildman–Crippen MR) is 194 cm³/mol. The Morgan fingerprint density at radius 2 is 1.08 bits per heavy atom. The van der Waals surface area contributed by atoms with Crippen molar-refractivity contribution < 1.29 is 44.3 Å². The highest BCUT2D eigenvalue weighted by molar-refractivity contribution is 5.79. The number of aliphatic hydroxyl groups is 4. The number of unbranched alkanes of at least 4 members (excludes halogenated alkanes) is 16. The average Bonchev–Trinajstić information content (AvgIpc) is 3.34. The molecule has 4 N–H and O–H groups in total. The number of hydrogen-bond acceptors (Lipinski definition) is 9. The monoisotopic (exact) mass is 697 g/mol. The number of aliphatic hydroxyl groups excluding tert-OH is 4. The number of Topliss-reactive ketones (excluding diaryl/α,β-unsaturated/α-hetero) is 1. The minimum atomic E-state index is -1.08. The van der Waals surface area contributed by atoms with Gasteiger partial charge in [0.25, 0.3) is 0 Å². The summed E-state index contributed by atoms with van der Waals surface area (Å²) in [6.45, 7) is 3.88. The maximum atomic E-state index is 12.6. The number of esters is 2. The fourth-order valence-electron chi connectivity index (χ4n) is 6.61. The topological polar surface area (TPSA) is 151 Å². The molecular weight excluding hydrogens is 624 g/mol. The number of ketones is 1. The van der Waals surface area contributed by atoms with Crippen LogP contribution in [0.5, 0.6) is 0 Å². The van der Waals surface area contributed by atoms with E-state index in [9.17, 15) is 34.8 Å². The van der Waals surface area contributed by atoms with Gasteiger partial charge in [0.1, 0.15) is 25.1 Å². The minimum Gasteiger partial charge on any atom is -0.463 e. The smallest absolute Gasteiger partial charge is 0.305 e. The Labute approximate surface area is 297 Å². The summed E-state index contributed by atoms with van der Waals surface area (Å²) in [4.78, 5) is 36.7. The number of hydrogen-bond donors (Lipinski definition) is 4. The molecule has 1 aliphatic rings. The molecule has 0 radical (unpaired) electrons. The summed E-state index contributed by atoms with van der Waals surface area (Å²) < 4.78 is 10.2. The highest BCUT2D eigenvalue weighted by atomic mass is 16.6. The van der Waals surface area contributed by atoms with Gasteiger partial charge in [-0.2, -0.15) is 0 Å². The molecule has 9 heteroatoms. The van der Waals surface area contributed by atoms with E-state index >= 15 is 0 Å². The zero-order valence-corrected chi connectivity index (χ0v) is 31.0. The van der Waals surface area contributed by atoms with Crippen molar-refractivity contribution in [3.05, 3.63) is 12.2 Å². The van der Waals surface area contributed by atoms with Gasteiger partial charge in [0.05, 0.1) is 18.3 Å². The third kappa shape index (κ3) is 24.1. The van der Waals surface area contributed by atoms with Gasteiger partial charge in [-0.1, -0.05) is 129 Å². The third-order valence-corrected chi connectivity index (χ3v) is 9.73. The van der Waals surface area contributed by atoms with Gasteiger partial charge >= 0.3 is 11.9 Å². The van der Waals surface area contributed by atoms with Gasteiger partial charge in [0, 0.05) is 43.9 Å². The predicted octanol–water partition coefficient (Wildman–Crippen LogP) is 7.68.